The first-order chi connectivity index (χ1) is 13.4. The van der Waals surface area contributed by atoms with Gasteiger partial charge in [-0.05, 0) is 42.7 Å². The van der Waals surface area contributed by atoms with Crippen LogP contribution in [0.25, 0.3) is 0 Å². The summed E-state index contributed by atoms with van der Waals surface area (Å²) in [4.78, 5) is 14.8. The quantitative estimate of drug-likeness (QED) is 0.745. The molecule has 0 N–H and O–H groups in total. The van der Waals surface area contributed by atoms with Crippen LogP contribution in [0.15, 0.2) is 59.5 Å². The van der Waals surface area contributed by atoms with E-state index in [4.69, 9.17) is 4.74 Å². The second kappa shape index (κ2) is 8.75. The third kappa shape index (κ3) is 4.54. The number of hydrogen-bond donors (Lipinski definition) is 0. The van der Waals surface area contributed by atoms with Crippen LogP contribution in [0.4, 0.5) is 0 Å². The Morgan fingerprint density at radius 3 is 2.25 bits per heavy atom. The molecule has 0 radical (unpaired) electrons. The summed E-state index contributed by atoms with van der Waals surface area (Å²) < 4.78 is 32.1. The lowest BCUT2D eigenvalue weighted by atomic mass is 9.96. The average Bonchev–Trinajstić information content (AvgIpc) is 2.74. The van der Waals surface area contributed by atoms with E-state index < -0.39 is 10.0 Å². The SMILES string of the molecule is COc1ccc(CN(C)C(=O)C2CCN(S(=O)(=O)c3ccccc3)CC2)cc1. The molecule has 0 unspecified atom stereocenters. The second-order valence-corrected chi connectivity index (χ2v) is 8.97. The average molecular weight is 403 g/mol. The lowest BCUT2D eigenvalue weighted by molar-refractivity contribution is -0.135. The van der Waals surface area contributed by atoms with E-state index in [0.717, 1.165) is 11.3 Å². The van der Waals surface area contributed by atoms with Gasteiger partial charge in [0.25, 0.3) is 0 Å². The second-order valence-electron chi connectivity index (χ2n) is 7.03. The maximum absolute atomic E-state index is 12.8. The molecule has 1 heterocycles. The fourth-order valence-electron chi connectivity index (χ4n) is 3.48. The van der Waals surface area contributed by atoms with Crippen molar-refractivity contribution in [2.75, 3.05) is 27.2 Å². The van der Waals surface area contributed by atoms with Crippen molar-refractivity contribution in [2.24, 2.45) is 5.92 Å². The van der Waals surface area contributed by atoms with Gasteiger partial charge in [-0.2, -0.15) is 4.31 Å². The first-order valence-corrected chi connectivity index (χ1v) is 10.8. The molecule has 2 aromatic carbocycles. The Labute approximate surface area is 166 Å². The smallest absolute Gasteiger partial charge is 0.243 e. The van der Waals surface area contributed by atoms with Gasteiger partial charge in [-0.25, -0.2) is 8.42 Å². The highest BCUT2D eigenvalue weighted by Crippen LogP contribution is 2.25. The Balaban J connectivity index is 1.57. The van der Waals surface area contributed by atoms with Crippen LogP contribution in [-0.2, 0) is 21.4 Å². The molecule has 1 saturated heterocycles. The Bertz CT molecular complexity index is 890. The highest BCUT2D eigenvalue weighted by molar-refractivity contribution is 7.89. The minimum atomic E-state index is -3.49. The van der Waals surface area contributed by atoms with Crippen LogP contribution < -0.4 is 4.74 Å². The number of ether oxygens (including phenoxy) is 1. The summed E-state index contributed by atoms with van der Waals surface area (Å²) in [5.74, 6) is 0.697. The zero-order valence-electron chi connectivity index (χ0n) is 16.2. The third-order valence-electron chi connectivity index (χ3n) is 5.14. The lowest BCUT2D eigenvalue weighted by Crippen LogP contribution is -2.43. The standard InChI is InChI=1S/C21H26N2O4S/c1-22(16-17-8-10-19(27-2)11-9-17)21(24)18-12-14-23(15-13-18)28(25,26)20-6-4-3-5-7-20/h3-11,18H,12-16H2,1-2H3. The molecule has 0 atom stereocenters. The molecule has 150 valence electrons. The van der Waals surface area contributed by atoms with Gasteiger partial charge in [-0.15, -0.1) is 0 Å². The number of hydrogen-bond acceptors (Lipinski definition) is 4. The summed E-state index contributed by atoms with van der Waals surface area (Å²) >= 11 is 0. The van der Waals surface area contributed by atoms with E-state index in [9.17, 15) is 13.2 Å². The maximum atomic E-state index is 12.8. The van der Waals surface area contributed by atoms with Crippen molar-refractivity contribution in [1.29, 1.82) is 0 Å². The molecule has 0 bridgehead atoms. The van der Waals surface area contributed by atoms with E-state index in [1.54, 1.807) is 49.4 Å². The third-order valence-corrected chi connectivity index (χ3v) is 7.05. The predicted octanol–water partition coefficient (Wildman–Crippen LogP) is 2.75. The van der Waals surface area contributed by atoms with Gasteiger partial charge in [0.2, 0.25) is 15.9 Å². The van der Waals surface area contributed by atoms with Gasteiger partial charge in [0, 0.05) is 32.6 Å². The van der Waals surface area contributed by atoms with Crippen LogP contribution in [0.2, 0.25) is 0 Å². The van der Waals surface area contributed by atoms with Crippen molar-refractivity contribution in [3.8, 4) is 5.75 Å². The van der Waals surface area contributed by atoms with E-state index in [2.05, 4.69) is 0 Å². The molecule has 1 aliphatic heterocycles. The van der Waals surface area contributed by atoms with Crippen molar-refractivity contribution in [3.63, 3.8) is 0 Å². The van der Waals surface area contributed by atoms with E-state index in [0.29, 0.717) is 37.4 Å². The molecular weight excluding hydrogens is 376 g/mol. The van der Waals surface area contributed by atoms with Gasteiger partial charge >= 0.3 is 0 Å². The Kier molecular flexibility index (Phi) is 6.36. The lowest BCUT2D eigenvalue weighted by Gasteiger charge is -2.32. The van der Waals surface area contributed by atoms with Gasteiger partial charge in [0.05, 0.1) is 12.0 Å². The van der Waals surface area contributed by atoms with Crippen molar-refractivity contribution >= 4 is 15.9 Å². The summed E-state index contributed by atoms with van der Waals surface area (Å²) in [6.45, 7) is 1.25. The van der Waals surface area contributed by atoms with Crippen molar-refractivity contribution in [3.05, 3.63) is 60.2 Å². The number of nitrogens with zero attached hydrogens (tertiary/aromatic N) is 2. The summed E-state index contributed by atoms with van der Waals surface area (Å²) in [6.07, 6.45) is 1.08. The van der Waals surface area contributed by atoms with Crippen molar-refractivity contribution < 1.29 is 17.9 Å². The minimum Gasteiger partial charge on any atom is -0.497 e. The van der Waals surface area contributed by atoms with Crippen LogP contribution in [0.1, 0.15) is 18.4 Å². The molecule has 1 amide bonds. The highest BCUT2D eigenvalue weighted by Gasteiger charge is 2.33. The van der Waals surface area contributed by atoms with Gasteiger partial charge in [0.1, 0.15) is 5.75 Å². The monoisotopic (exact) mass is 402 g/mol. The molecule has 0 spiro atoms. The Hall–Kier alpha value is -2.38. The molecular formula is C21H26N2O4S. The van der Waals surface area contributed by atoms with Crippen LogP contribution >= 0.6 is 0 Å². The van der Waals surface area contributed by atoms with E-state index in [1.807, 2.05) is 24.3 Å². The number of amides is 1. The molecule has 1 aliphatic rings. The van der Waals surface area contributed by atoms with Crippen LogP contribution in [0.3, 0.4) is 0 Å². The number of methoxy groups -OCH3 is 1. The van der Waals surface area contributed by atoms with Gasteiger partial charge in [-0.3, -0.25) is 4.79 Å². The molecule has 28 heavy (non-hydrogen) atoms. The minimum absolute atomic E-state index is 0.0626. The van der Waals surface area contributed by atoms with Gasteiger partial charge in [-0.1, -0.05) is 30.3 Å². The summed E-state index contributed by atoms with van der Waals surface area (Å²) in [6, 6.07) is 16.1. The normalized spacial score (nSPS) is 15.9. The number of benzene rings is 2. The van der Waals surface area contributed by atoms with Crippen LogP contribution in [0.5, 0.6) is 5.75 Å². The number of piperidine rings is 1. The largest absolute Gasteiger partial charge is 0.497 e. The number of sulfonamides is 1. The van der Waals surface area contributed by atoms with Gasteiger partial charge < -0.3 is 9.64 Å². The van der Waals surface area contributed by atoms with Crippen molar-refractivity contribution in [1.82, 2.24) is 9.21 Å². The summed E-state index contributed by atoms with van der Waals surface area (Å²) in [5, 5.41) is 0. The molecule has 0 aromatic heterocycles. The Morgan fingerprint density at radius 1 is 1.07 bits per heavy atom. The first-order valence-electron chi connectivity index (χ1n) is 9.35. The molecule has 6 nitrogen and oxygen atoms in total. The zero-order valence-corrected chi connectivity index (χ0v) is 17.1. The van der Waals surface area contributed by atoms with E-state index >= 15 is 0 Å². The highest BCUT2D eigenvalue weighted by atomic mass is 32.2. The maximum Gasteiger partial charge on any atom is 0.243 e. The predicted molar refractivity (Wildman–Crippen MR) is 107 cm³/mol. The number of carbonyl (C=O) groups excluding carboxylic acids is 1. The fourth-order valence-corrected chi connectivity index (χ4v) is 4.97. The van der Waals surface area contributed by atoms with Crippen molar-refractivity contribution in [2.45, 2.75) is 24.3 Å². The number of carbonyl (C=O) groups is 1. The molecule has 2 aromatic rings. The Morgan fingerprint density at radius 2 is 1.68 bits per heavy atom. The fraction of sp³-hybridized carbons (Fsp3) is 0.381. The first kappa shape index (κ1) is 20.4. The molecule has 3 rings (SSSR count). The zero-order chi connectivity index (χ0) is 20.1. The topological polar surface area (TPSA) is 66.9 Å². The molecule has 0 saturated carbocycles. The number of rotatable bonds is 6. The van der Waals surface area contributed by atoms with Crippen LogP contribution in [-0.4, -0.2) is 50.8 Å². The summed E-state index contributed by atoms with van der Waals surface area (Å²) in [7, 11) is -0.0786. The molecule has 1 fully saturated rings. The van der Waals surface area contributed by atoms with Crippen LogP contribution in [0, 0.1) is 5.92 Å². The van der Waals surface area contributed by atoms with Gasteiger partial charge in [0.15, 0.2) is 0 Å². The van der Waals surface area contributed by atoms with E-state index in [-0.39, 0.29) is 11.8 Å². The molecule has 7 heteroatoms. The summed E-state index contributed by atoms with van der Waals surface area (Å²) in [5.41, 5.74) is 1.03. The van der Waals surface area contributed by atoms with E-state index in [1.165, 1.54) is 4.31 Å². The molecule has 0 aliphatic carbocycles.